The molecule has 11 heteroatoms. The number of hydrogen-bond acceptors (Lipinski definition) is 6. The zero-order chi connectivity index (χ0) is 29.8. The fourth-order valence-corrected chi connectivity index (χ4v) is 7.76. The van der Waals surface area contributed by atoms with E-state index in [-0.39, 0.29) is 23.7 Å². The van der Waals surface area contributed by atoms with Crippen LogP contribution in [0.2, 0.25) is 0 Å². The molecule has 10 nitrogen and oxygen atoms in total. The monoisotopic (exact) mass is 590 g/mol. The first-order valence-corrected chi connectivity index (χ1v) is 15.7. The van der Waals surface area contributed by atoms with Crippen LogP contribution >= 0.6 is 11.1 Å². The summed E-state index contributed by atoms with van der Waals surface area (Å²) in [5.41, 5.74) is 3.42. The van der Waals surface area contributed by atoms with Crippen molar-refractivity contribution in [3.8, 4) is 11.2 Å². The summed E-state index contributed by atoms with van der Waals surface area (Å²) in [6.07, 6.45) is 1.45. The van der Waals surface area contributed by atoms with Crippen molar-refractivity contribution in [2.75, 3.05) is 13.7 Å². The lowest BCUT2D eigenvalue weighted by Gasteiger charge is -2.35. The van der Waals surface area contributed by atoms with Gasteiger partial charge in [0.05, 0.1) is 12.5 Å². The number of carbonyl (C=O) groups is 3. The van der Waals surface area contributed by atoms with Crippen LogP contribution in [0, 0.1) is 22.5 Å². The second-order valence-electron chi connectivity index (χ2n) is 11.3. The number of thiocyanates is 1. The maximum absolute atomic E-state index is 13.9. The minimum absolute atomic E-state index is 0.0480. The smallest absolute Gasteiger partial charge is 0.268 e. The molecule has 4 N–H and O–H groups in total. The summed E-state index contributed by atoms with van der Waals surface area (Å²) >= 11 is -1.47. The molecular weight excluding hydrogens is 552 g/mol. The van der Waals surface area contributed by atoms with Crippen molar-refractivity contribution < 1.29 is 19.1 Å². The highest BCUT2D eigenvalue weighted by Crippen LogP contribution is 2.43. The number of thiol groups is 1. The molecule has 4 atom stereocenters. The molecule has 0 bridgehead atoms. The Bertz CT molecular complexity index is 1490. The van der Waals surface area contributed by atoms with Crippen LogP contribution in [0.1, 0.15) is 54.7 Å². The van der Waals surface area contributed by atoms with Gasteiger partial charge in [-0.25, -0.2) is 4.31 Å². The number of fused-ring (bicyclic) bond motifs is 2. The minimum atomic E-state index is -1.47. The topological polar surface area (TPSA) is 139 Å². The molecule has 2 aliphatic heterocycles. The molecule has 3 amide bonds. The Morgan fingerprint density at radius 2 is 1.88 bits per heavy atom. The molecule has 3 aromatic rings. The molecule has 5 rings (SSSR count). The van der Waals surface area contributed by atoms with Crippen molar-refractivity contribution in [2.24, 2.45) is 11.8 Å². The molecule has 42 heavy (non-hydrogen) atoms. The molecule has 1 unspecified atom stereocenters. The lowest BCUT2D eigenvalue weighted by atomic mass is 10.0. The van der Waals surface area contributed by atoms with E-state index in [4.69, 9.17) is 4.74 Å². The summed E-state index contributed by atoms with van der Waals surface area (Å²) in [5, 5.41) is 22.0. The van der Waals surface area contributed by atoms with Crippen LogP contribution in [0.3, 0.4) is 0 Å². The maximum Gasteiger partial charge on any atom is 0.268 e. The summed E-state index contributed by atoms with van der Waals surface area (Å²) in [6, 6.07) is 14.5. The van der Waals surface area contributed by atoms with E-state index in [0.717, 1.165) is 10.9 Å². The van der Waals surface area contributed by atoms with Crippen molar-refractivity contribution in [2.45, 2.75) is 57.6 Å². The van der Waals surface area contributed by atoms with E-state index in [1.807, 2.05) is 44.2 Å². The Morgan fingerprint density at radius 3 is 2.50 bits per heavy atom. The van der Waals surface area contributed by atoms with Gasteiger partial charge in [-0.3, -0.25) is 14.4 Å². The third kappa shape index (κ3) is 6.40. The normalized spacial score (nSPS) is 19.1. The Labute approximate surface area is 248 Å². The van der Waals surface area contributed by atoms with Crippen LogP contribution in [0.15, 0.2) is 48.5 Å². The van der Waals surface area contributed by atoms with Crippen molar-refractivity contribution in [1.82, 2.24) is 25.2 Å². The zero-order valence-electron chi connectivity index (χ0n) is 24.1. The predicted molar refractivity (Wildman–Crippen MR) is 164 cm³/mol. The van der Waals surface area contributed by atoms with E-state index in [9.17, 15) is 19.6 Å². The predicted octanol–water partition coefficient (Wildman–Crippen LogP) is 3.70. The number of methoxy groups -OCH3 is 1. The average molecular weight is 591 g/mol. The van der Waals surface area contributed by atoms with Gasteiger partial charge in [0.2, 0.25) is 11.8 Å². The minimum Gasteiger partial charge on any atom is -0.496 e. The van der Waals surface area contributed by atoms with Crippen LogP contribution in [-0.4, -0.2) is 52.1 Å². The zero-order valence-corrected chi connectivity index (χ0v) is 25.0. The molecule has 1 aromatic heterocycles. The highest BCUT2D eigenvalue weighted by atomic mass is 32.2. The summed E-state index contributed by atoms with van der Waals surface area (Å²) in [5.74, 6) is -0.321. The van der Waals surface area contributed by atoms with Gasteiger partial charge < -0.3 is 25.7 Å². The average Bonchev–Trinajstić information content (AvgIpc) is 3.70. The number of H-pyrrole nitrogens is 1. The van der Waals surface area contributed by atoms with Crippen LogP contribution in [0.25, 0.3) is 10.9 Å². The first kappa shape index (κ1) is 29.5. The SMILES string of the molecule is COc1cccc2[nH]c(C(=O)N[C@@H](CC(C)C)C(=O)N[C@@H](C[C@@H]3CCNC3=O)[SH](C#N)N3Cc4ccccc4C3)cc12. The van der Waals surface area contributed by atoms with E-state index < -0.39 is 28.4 Å². The van der Waals surface area contributed by atoms with Gasteiger partial charge in [0, 0.05) is 36.5 Å². The molecule has 1 saturated heterocycles. The van der Waals surface area contributed by atoms with Crippen molar-refractivity contribution in [3.63, 3.8) is 0 Å². The standard InChI is InChI=1S/C31H38N6O4S/c1-19(2)13-25(35-30(39)26-15-23-24(34-26)9-6-10-27(23)41-3)31(40)36-28(14-20-11-12-33-29(20)38)42(18-32)37-16-21-7-4-5-8-22(21)17-37/h4-10,15,19-20,25,28,34,42H,11-14,16-17H2,1-3H3,(H,33,38)(H,35,39)(H,36,40)/t20-,25-,28+/m0/s1. The van der Waals surface area contributed by atoms with E-state index in [0.29, 0.717) is 50.3 Å². The van der Waals surface area contributed by atoms with Crippen LogP contribution in [0.5, 0.6) is 5.75 Å². The molecule has 0 aliphatic carbocycles. The van der Waals surface area contributed by atoms with Gasteiger partial charge in [0.1, 0.15) is 22.9 Å². The summed E-state index contributed by atoms with van der Waals surface area (Å²) < 4.78 is 7.54. The second-order valence-corrected chi connectivity index (χ2v) is 13.4. The fourth-order valence-electron chi connectivity index (χ4n) is 5.79. The van der Waals surface area contributed by atoms with E-state index >= 15 is 0 Å². The second kappa shape index (κ2) is 12.9. The van der Waals surface area contributed by atoms with E-state index in [1.54, 1.807) is 13.2 Å². The van der Waals surface area contributed by atoms with E-state index in [2.05, 4.69) is 42.8 Å². The number of nitriles is 1. The van der Waals surface area contributed by atoms with Crippen LogP contribution in [0.4, 0.5) is 0 Å². The number of carbonyl (C=O) groups excluding carboxylic acids is 3. The number of amides is 3. The molecule has 0 spiro atoms. The fraction of sp³-hybridized carbons (Fsp3) is 0.419. The number of nitrogens with one attached hydrogen (secondary N) is 4. The maximum atomic E-state index is 13.9. The Balaban J connectivity index is 1.36. The molecule has 0 radical (unpaired) electrons. The molecule has 222 valence electrons. The highest BCUT2D eigenvalue weighted by Gasteiger charge is 2.36. The molecule has 2 aliphatic rings. The summed E-state index contributed by atoms with van der Waals surface area (Å²) in [4.78, 5) is 42.9. The molecule has 3 heterocycles. The number of aromatic amines is 1. The first-order chi connectivity index (χ1) is 20.3. The van der Waals surface area contributed by atoms with Gasteiger partial charge in [0.25, 0.3) is 5.91 Å². The van der Waals surface area contributed by atoms with Gasteiger partial charge in [-0.1, -0.05) is 55.3 Å². The van der Waals surface area contributed by atoms with Crippen molar-refractivity contribution in [1.29, 1.82) is 5.26 Å². The quantitative estimate of drug-likeness (QED) is 0.171. The van der Waals surface area contributed by atoms with Gasteiger partial charge >= 0.3 is 0 Å². The lowest BCUT2D eigenvalue weighted by Crippen LogP contribution is -2.51. The lowest BCUT2D eigenvalue weighted by molar-refractivity contribution is -0.125. The third-order valence-corrected chi connectivity index (χ3v) is 9.95. The summed E-state index contributed by atoms with van der Waals surface area (Å²) in [6.45, 7) is 5.81. The number of nitrogens with zero attached hydrogens (tertiary/aromatic N) is 2. The Morgan fingerprint density at radius 1 is 1.14 bits per heavy atom. The largest absolute Gasteiger partial charge is 0.496 e. The van der Waals surface area contributed by atoms with Gasteiger partial charge in [-0.15, -0.1) is 0 Å². The summed E-state index contributed by atoms with van der Waals surface area (Å²) in [7, 11) is 1.58. The third-order valence-electron chi connectivity index (χ3n) is 7.92. The van der Waals surface area contributed by atoms with Crippen LogP contribution in [-0.2, 0) is 22.7 Å². The molecule has 1 fully saturated rings. The van der Waals surface area contributed by atoms with E-state index in [1.165, 1.54) is 11.1 Å². The van der Waals surface area contributed by atoms with Crippen molar-refractivity contribution in [3.05, 3.63) is 65.4 Å². The Kier molecular flexibility index (Phi) is 9.04. The number of hydrogen-bond donors (Lipinski definition) is 5. The number of aromatic nitrogens is 1. The van der Waals surface area contributed by atoms with Gasteiger partial charge in [-0.2, -0.15) is 5.26 Å². The molecule has 2 aromatic carbocycles. The highest BCUT2D eigenvalue weighted by molar-refractivity contribution is 8.19. The van der Waals surface area contributed by atoms with Crippen molar-refractivity contribution >= 4 is 39.7 Å². The Hall–Kier alpha value is -4.01. The number of rotatable bonds is 11. The van der Waals surface area contributed by atoms with Gasteiger partial charge in [-0.05, 0) is 54.5 Å². The molecular formula is C31H38N6O4S. The van der Waals surface area contributed by atoms with Gasteiger partial charge in [0.15, 0.2) is 0 Å². The first-order valence-electron chi connectivity index (χ1n) is 14.3. The van der Waals surface area contributed by atoms with Crippen LogP contribution < -0.4 is 20.7 Å². The number of ether oxygens (including phenoxy) is 1. The molecule has 0 saturated carbocycles. The number of benzene rings is 2.